The number of hydrogen-bond acceptors (Lipinski definition) is 3. The molecule has 0 bridgehead atoms. The van der Waals surface area contributed by atoms with Crippen LogP contribution in [-0.2, 0) is 9.53 Å². The lowest BCUT2D eigenvalue weighted by Crippen LogP contribution is -2.06. The molecule has 0 spiro atoms. The summed E-state index contributed by atoms with van der Waals surface area (Å²) in [5, 5.41) is 9.99. The number of hydrogen-bond donors (Lipinski definition) is 1. The summed E-state index contributed by atoms with van der Waals surface area (Å²) in [6.45, 7) is 4.92. The van der Waals surface area contributed by atoms with Crippen LogP contribution in [0.1, 0.15) is 123 Å². The Balaban J connectivity index is 3.22. The van der Waals surface area contributed by atoms with E-state index in [4.69, 9.17) is 4.74 Å². The van der Waals surface area contributed by atoms with E-state index >= 15 is 0 Å². The number of ether oxygens (including phenoxy) is 1. The zero-order valence-corrected chi connectivity index (χ0v) is 17.1. The molecule has 0 aliphatic carbocycles. The average molecular weight is 357 g/mol. The summed E-state index contributed by atoms with van der Waals surface area (Å²) in [4.78, 5) is 11.4. The molecular weight excluding hydrogens is 312 g/mol. The predicted octanol–water partition coefficient (Wildman–Crippen LogP) is 6.56. The van der Waals surface area contributed by atoms with Crippen LogP contribution < -0.4 is 0 Å². The van der Waals surface area contributed by atoms with Crippen LogP contribution in [0, 0.1) is 0 Å². The molecule has 1 unspecified atom stereocenters. The van der Waals surface area contributed by atoms with E-state index in [1.807, 2.05) is 0 Å². The molecule has 0 fully saturated rings. The molecule has 0 radical (unpaired) electrons. The van der Waals surface area contributed by atoms with Crippen molar-refractivity contribution in [1.82, 2.24) is 0 Å². The highest BCUT2D eigenvalue weighted by Gasteiger charge is 2.04. The first-order chi connectivity index (χ1) is 12.2. The Bertz CT molecular complexity index is 278. The largest absolute Gasteiger partial charge is 0.466 e. The lowest BCUT2D eigenvalue weighted by Gasteiger charge is -2.10. The van der Waals surface area contributed by atoms with Crippen LogP contribution in [0.25, 0.3) is 0 Å². The van der Waals surface area contributed by atoms with Crippen LogP contribution in [0.4, 0.5) is 0 Å². The van der Waals surface area contributed by atoms with Crippen molar-refractivity contribution < 1.29 is 14.6 Å². The highest BCUT2D eigenvalue weighted by molar-refractivity contribution is 5.69. The molecule has 3 nitrogen and oxygen atoms in total. The maximum atomic E-state index is 11.4. The van der Waals surface area contributed by atoms with Gasteiger partial charge in [0, 0.05) is 6.42 Å². The Kier molecular flexibility index (Phi) is 19.3. The molecule has 1 atom stereocenters. The summed E-state index contributed by atoms with van der Waals surface area (Å²) in [7, 11) is 0. The summed E-state index contributed by atoms with van der Waals surface area (Å²) in [6, 6.07) is 0. The Morgan fingerprint density at radius 3 is 1.76 bits per heavy atom. The molecule has 3 heteroatoms. The van der Waals surface area contributed by atoms with E-state index in [2.05, 4.69) is 13.8 Å². The van der Waals surface area contributed by atoms with E-state index in [1.54, 1.807) is 0 Å². The van der Waals surface area contributed by atoms with Gasteiger partial charge in [0.25, 0.3) is 0 Å². The fourth-order valence-corrected chi connectivity index (χ4v) is 3.06. The lowest BCUT2D eigenvalue weighted by molar-refractivity contribution is -0.143. The van der Waals surface area contributed by atoms with Crippen LogP contribution in [-0.4, -0.2) is 23.8 Å². The summed E-state index contributed by atoms with van der Waals surface area (Å²) in [5.74, 6) is -0.0359. The highest BCUT2D eigenvalue weighted by atomic mass is 16.5. The minimum Gasteiger partial charge on any atom is -0.466 e. The maximum absolute atomic E-state index is 11.4. The van der Waals surface area contributed by atoms with Crippen molar-refractivity contribution in [3.05, 3.63) is 0 Å². The van der Waals surface area contributed by atoms with Gasteiger partial charge in [-0.05, 0) is 25.7 Å². The van der Waals surface area contributed by atoms with Gasteiger partial charge in [0.05, 0.1) is 12.7 Å². The molecule has 0 rings (SSSR count). The molecule has 25 heavy (non-hydrogen) atoms. The van der Waals surface area contributed by atoms with Gasteiger partial charge in [-0.3, -0.25) is 4.79 Å². The van der Waals surface area contributed by atoms with E-state index in [1.165, 1.54) is 57.8 Å². The molecule has 0 saturated carbocycles. The van der Waals surface area contributed by atoms with Crippen molar-refractivity contribution in [2.24, 2.45) is 0 Å². The van der Waals surface area contributed by atoms with Crippen molar-refractivity contribution >= 4 is 5.97 Å². The van der Waals surface area contributed by atoms with Gasteiger partial charge in [-0.2, -0.15) is 0 Å². The minimum atomic E-state index is -0.0935. The van der Waals surface area contributed by atoms with Crippen LogP contribution in [0.2, 0.25) is 0 Å². The fraction of sp³-hybridized carbons (Fsp3) is 0.955. The number of carbonyl (C=O) groups is 1. The molecule has 0 aromatic heterocycles. The second kappa shape index (κ2) is 19.8. The Morgan fingerprint density at radius 2 is 1.20 bits per heavy atom. The molecule has 0 aromatic carbocycles. The molecule has 0 aliphatic heterocycles. The third-order valence-electron chi connectivity index (χ3n) is 4.82. The molecule has 0 amide bonds. The molecule has 150 valence electrons. The highest BCUT2D eigenvalue weighted by Crippen LogP contribution is 2.14. The number of aliphatic hydroxyl groups excluding tert-OH is 1. The molecule has 0 saturated heterocycles. The van der Waals surface area contributed by atoms with Gasteiger partial charge in [-0.15, -0.1) is 0 Å². The third kappa shape index (κ3) is 19.6. The van der Waals surface area contributed by atoms with Crippen LogP contribution >= 0.6 is 0 Å². The van der Waals surface area contributed by atoms with Gasteiger partial charge in [0.1, 0.15) is 0 Å². The smallest absolute Gasteiger partial charge is 0.305 e. The van der Waals surface area contributed by atoms with E-state index in [9.17, 15) is 9.90 Å². The zero-order chi connectivity index (χ0) is 18.6. The Labute approximate surface area is 156 Å². The minimum absolute atomic E-state index is 0.0359. The van der Waals surface area contributed by atoms with E-state index in [-0.39, 0.29) is 12.1 Å². The van der Waals surface area contributed by atoms with Crippen molar-refractivity contribution in [2.75, 3.05) is 6.61 Å². The number of unbranched alkanes of at least 4 members (excludes halogenated alkanes) is 11. The maximum Gasteiger partial charge on any atom is 0.305 e. The predicted molar refractivity (Wildman–Crippen MR) is 107 cm³/mol. The topological polar surface area (TPSA) is 46.5 Å². The Morgan fingerprint density at radius 1 is 0.720 bits per heavy atom. The molecule has 1 N–H and O–H groups in total. The van der Waals surface area contributed by atoms with Gasteiger partial charge in [0.2, 0.25) is 0 Å². The van der Waals surface area contributed by atoms with E-state index < -0.39 is 0 Å². The average Bonchev–Trinajstić information content (AvgIpc) is 2.60. The van der Waals surface area contributed by atoms with Gasteiger partial charge < -0.3 is 9.84 Å². The van der Waals surface area contributed by atoms with E-state index in [0.717, 1.165) is 44.9 Å². The van der Waals surface area contributed by atoms with Gasteiger partial charge in [0.15, 0.2) is 0 Å². The van der Waals surface area contributed by atoms with Crippen molar-refractivity contribution in [3.8, 4) is 0 Å². The van der Waals surface area contributed by atoms with Gasteiger partial charge >= 0.3 is 5.97 Å². The number of carbonyl (C=O) groups excluding carboxylic acids is 1. The summed E-state index contributed by atoms with van der Waals surface area (Å²) in [5.41, 5.74) is 0. The van der Waals surface area contributed by atoms with Gasteiger partial charge in [-0.25, -0.2) is 0 Å². The SMILES string of the molecule is CCCCCCCCC(O)CCCCCCCCC(=O)OCCCC. The van der Waals surface area contributed by atoms with Crippen molar-refractivity contribution in [3.63, 3.8) is 0 Å². The van der Waals surface area contributed by atoms with Gasteiger partial charge in [-0.1, -0.05) is 90.9 Å². The number of esters is 1. The fourth-order valence-electron chi connectivity index (χ4n) is 3.06. The van der Waals surface area contributed by atoms with Crippen molar-refractivity contribution in [2.45, 2.75) is 129 Å². The Hall–Kier alpha value is -0.570. The number of rotatable bonds is 19. The standard InChI is InChI=1S/C22H44O3/c1-3-5-7-8-11-14-17-21(23)18-15-12-9-10-13-16-19-22(24)25-20-6-4-2/h21,23H,3-20H2,1-2H3. The second-order valence-electron chi connectivity index (χ2n) is 7.44. The zero-order valence-electron chi connectivity index (χ0n) is 17.1. The molecule has 0 aromatic rings. The summed E-state index contributed by atoms with van der Waals surface area (Å²) in [6.07, 6.45) is 19.0. The first-order valence-electron chi connectivity index (χ1n) is 11.0. The van der Waals surface area contributed by atoms with Crippen LogP contribution in [0.3, 0.4) is 0 Å². The van der Waals surface area contributed by atoms with Crippen LogP contribution in [0.5, 0.6) is 0 Å². The molecule has 0 heterocycles. The quantitative estimate of drug-likeness (QED) is 0.210. The monoisotopic (exact) mass is 356 g/mol. The lowest BCUT2D eigenvalue weighted by atomic mass is 10.0. The third-order valence-corrected chi connectivity index (χ3v) is 4.82. The normalized spacial score (nSPS) is 12.3. The van der Waals surface area contributed by atoms with Crippen LogP contribution in [0.15, 0.2) is 0 Å². The first-order valence-corrected chi connectivity index (χ1v) is 11.0. The number of aliphatic hydroxyl groups is 1. The summed E-state index contributed by atoms with van der Waals surface area (Å²) < 4.78 is 5.15. The second-order valence-corrected chi connectivity index (χ2v) is 7.44. The molecular formula is C22H44O3. The van der Waals surface area contributed by atoms with E-state index in [0.29, 0.717) is 13.0 Å². The van der Waals surface area contributed by atoms with Crippen molar-refractivity contribution in [1.29, 1.82) is 0 Å². The summed E-state index contributed by atoms with van der Waals surface area (Å²) >= 11 is 0. The molecule has 0 aliphatic rings. The first kappa shape index (κ1) is 24.4.